The summed E-state index contributed by atoms with van der Waals surface area (Å²) in [6.07, 6.45) is 10.4. The number of nitrogens with one attached hydrogen (secondary N) is 1. The second kappa shape index (κ2) is 11.8. The molecule has 1 atom stereocenters. The highest BCUT2D eigenvalue weighted by molar-refractivity contribution is 7.13. The second-order valence-corrected chi connectivity index (χ2v) is 10.3. The van der Waals surface area contributed by atoms with Crippen LogP contribution in [0.3, 0.4) is 0 Å². The molecule has 0 unspecified atom stereocenters. The minimum atomic E-state index is -0.230. The topological polar surface area (TPSA) is 106 Å². The monoisotopic (exact) mass is 508 g/mol. The Hall–Kier alpha value is -3.04. The Balaban J connectivity index is 0.00000304. The Bertz CT molecular complexity index is 1160. The van der Waals surface area contributed by atoms with Gasteiger partial charge in [-0.3, -0.25) is 4.79 Å². The van der Waals surface area contributed by atoms with Crippen molar-refractivity contribution in [3.05, 3.63) is 47.2 Å². The summed E-state index contributed by atoms with van der Waals surface area (Å²) in [5, 5.41) is 13.4. The summed E-state index contributed by atoms with van der Waals surface area (Å²) < 4.78 is 6.40. The summed E-state index contributed by atoms with van der Waals surface area (Å²) in [5.41, 5.74) is 10.1. The van der Waals surface area contributed by atoms with Crippen LogP contribution in [0.1, 0.15) is 62.0 Å². The van der Waals surface area contributed by atoms with Crippen LogP contribution in [0.25, 0.3) is 10.6 Å². The molecule has 2 fully saturated rings. The fourth-order valence-electron chi connectivity index (χ4n) is 5.08. The average molecular weight is 509 g/mol. The number of amides is 1. The minimum Gasteiger partial charge on any atom is -0.490 e. The van der Waals surface area contributed by atoms with Gasteiger partial charge in [-0.1, -0.05) is 7.43 Å². The van der Waals surface area contributed by atoms with Gasteiger partial charge in [0, 0.05) is 29.6 Å². The summed E-state index contributed by atoms with van der Waals surface area (Å²) in [6.45, 7) is 4.58. The molecule has 192 valence electrons. The van der Waals surface area contributed by atoms with E-state index in [4.69, 9.17) is 10.5 Å². The van der Waals surface area contributed by atoms with Crippen molar-refractivity contribution < 1.29 is 9.53 Å². The maximum Gasteiger partial charge on any atom is 0.275 e. The molecule has 9 heteroatoms. The first-order valence-corrected chi connectivity index (χ1v) is 13.3. The van der Waals surface area contributed by atoms with E-state index in [9.17, 15) is 4.79 Å². The van der Waals surface area contributed by atoms with E-state index in [-0.39, 0.29) is 19.4 Å². The fraction of sp³-hybridized carbons (Fsp3) is 0.481. The second-order valence-electron chi connectivity index (χ2n) is 9.42. The minimum absolute atomic E-state index is 0. The maximum atomic E-state index is 13.2. The van der Waals surface area contributed by atoms with Crippen LogP contribution in [0.2, 0.25) is 0 Å². The van der Waals surface area contributed by atoms with E-state index in [2.05, 4.69) is 32.3 Å². The summed E-state index contributed by atoms with van der Waals surface area (Å²) in [5.74, 6) is 1.12. The fourth-order valence-corrected chi connectivity index (χ4v) is 5.87. The normalized spacial score (nSPS) is 18.1. The van der Waals surface area contributed by atoms with Crippen LogP contribution in [0.4, 0.5) is 11.4 Å². The van der Waals surface area contributed by atoms with Crippen molar-refractivity contribution >= 4 is 28.6 Å². The molecule has 1 saturated heterocycles. The van der Waals surface area contributed by atoms with Gasteiger partial charge in [-0.15, -0.1) is 11.3 Å². The number of nitrogens with zero attached hydrogens (tertiary/aromatic N) is 4. The van der Waals surface area contributed by atoms with Crippen molar-refractivity contribution in [3.8, 4) is 16.3 Å². The zero-order valence-corrected chi connectivity index (χ0v) is 20.9. The van der Waals surface area contributed by atoms with Crippen molar-refractivity contribution in [2.24, 2.45) is 11.7 Å². The molecule has 0 bridgehead atoms. The molecule has 2 aliphatic rings. The lowest BCUT2D eigenvalue weighted by molar-refractivity contribution is 0.102. The lowest BCUT2D eigenvalue weighted by atomic mass is 9.96. The van der Waals surface area contributed by atoms with Crippen molar-refractivity contribution in [1.82, 2.24) is 15.2 Å². The predicted molar refractivity (Wildman–Crippen MR) is 146 cm³/mol. The van der Waals surface area contributed by atoms with Gasteiger partial charge in [0.05, 0.1) is 29.9 Å². The number of anilines is 2. The Labute approximate surface area is 217 Å². The van der Waals surface area contributed by atoms with Crippen molar-refractivity contribution in [2.75, 3.05) is 29.9 Å². The molecule has 3 N–H and O–H groups in total. The van der Waals surface area contributed by atoms with Crippen molar-refractivity contribution in [2.45, 2.75) is 59.0 Å². The largest absolute Gasteiger partial charge is 0.490 e. The SMILES string of the molecule is C.Cc1c(OC2CCCC2)ccc(NC(=O)c2csc(-c3ccnnc3)n2)c1N1CCC[C@@H](CN)C1. The first-order valence-electron chi connectivity index (χ1n) is 12.4. The highest BCUT2D eigenvalue weighted by Crippen LogP contribution is 2.39. The highest BCUT2D eigenvalue weighted by atomic mass is 32.1. The summed E-state index contributed by atoms with van der Waals surface area (Å²) in [6, 6.07) is 5.80. The third kappa shape index (κ3) is 5.68. The lowest BCUT2D eigenvalue weighted by Gasteiger charge is -2.36. The van der Waals surface area contributed by atoms with E-state index in [0.29, 0.717) is 18.2 Å². The quantitative estimate of drug-likeness (QED) is 0.446. The molecule has 3 heterocycles. The number of piperidine rings is 1. The van der Waals surface area contributed by atoms with Crippen LogP contribution in [0.5, 0.6) is 5.75 Å². The van der Waals surface area contributed by atoms with Crippen LogP contribution in [0.15, 0.2) is 36.0 Å². The molecule has 36 heavy (non-hydrogen) atoms. The first-order chi connectivity index (χ1) is 17.1. The molecule has 0 radical (unpaired) electrons. The highest BCUT2D eigenvalue weighted by Gasteiger charge is 2.26. The smallest absolute Gasteiger partial charge is 0.275 e. The number of thiazole rings is 1. The van der Waals surface area contributed by atoms with E-state index in [0.717, 1.165) is 72.0 Å². The van der Waals surface area contributed by atoms with Gasteiger partial charge >= 0.3 is 0 Å². The van der Waals surface area contributed by atoms with E-state index in [1.54, 1.807) is 17.8 Å². The lowest BCUT2D eigenvalue weighted by Crippen LogP contribution is -2.39. The van der Waals surface area contributed by atoms with Gasteiger partial charge in [0.15, 0.2) is 0 Å². The molecule has 0 spiro atoms. The molecule has 2 aromatic heterocycles. The molecule has 1 aromatic carbocycles. The Kier molecular flexibility index (Phi) is 8.53. The Morgan fingerprint density at radius 3 is 2.78 bits per heavy atom. The average Bonchev–Trinajstić information content (AvgIpc) is 3.59. The number of nitrogens with two attached hydrogens (primary N) is 1. The third-order valence-electron chi connectivity index (χ3n) is 6.96. The predicted octanol–water partition coefficient (Wildman–Crippen LogP) is 5.29. The van der Waals surface area contributed by atoms with E-state index < -0.39 is 0 Å². The van der Waals surface area contributed by atoms with Gasteiger partial charge in [-0.2, -0.15) is 10.2 Å². The molecule has 8 nitrogen and oxygen atoms in total. The summed E-state index contributed by atoms with van der Waals surface area (Å²) >= 11 is 1.42. The maximum absolute atomic E-state index is 13.2. The summed E-state index contributed by atoms with van der Waals surface area (Å²) in [7, 11) is 0. The van der Waals surface area contributed by atoms with Gasteiger partial charge in [0.25, 0.3) is 5.91 Å². The van der Waals surface area contributed by atoms with Gasteiger partial charge < -0.3 is 20.7 Å². The van der Waals surface area contributed by atoms with Crippen LogP contribution in [0, 0.1) is 12.8 Å². The van der Waals surface area contributed by atoms with Crippen LogP contribution < -0.4 is 20.7 Å². The molecule has 1 amide bonds. The standard InChI is InChI=1S/C26H32N6O2S.CH4/c1-17-23(34-20-6-2-3-7-20)9-8-21(24(17)32-12-4-5-18(13-27)15-32)30-25(33)22-16-35-26(31-22)19-10-11-28-29-14-19;/h8-11,14,16,18,20H,2-7,12-13,15,27H2,1H3,(H,30,33);1H4/t18-;/m0./s1. The first kappa shape index (κ1) is 26.0. The van der Waals surface area contributed by atoms with Gasteiger partial charge in [-0.05, 0) is 76.1 Å². The Morgan fingerprint density at radius 2 is 2.03 bits per heavy atom. The molecule has 3 aromatic rings. The summed E-state index contributed by atoms with van der Waals surface area (Å²) in [4.78, 5) is 20.1. The van der Waals surface area contributed by atoms with E-state index in [1.165, 1.54) is 24.2 Å². The molecular weight excluding hydrogens is 472 g/mol. The number of carbonyl (C=O) groups excluding carboxylic acids is 1. The number of carbonyl (C=O) groups is 1. The van der Waals surface area contributed by atoms with Crippen LogP contribution >= 0.6 is 11.3 Å². The zero-order valence-electron chi connectivity index (χ0n) is 20.1. The van der Waals surface area contributed by atoms with Crippen molar-refractivity contribution in [3.63, 3.8) is 0 Å². The number of rotatable bonds is 7. The molecule has 1 saturated carbocycles. The van der Waals surface area contributed by atoms with Crippen LogP contribution in [-0.2, 0) is 0 Å². The number of hydrogen-bond acceptors (Lipinski definition) is 8. The van der Waals surface area contributed by atoms with Crippen molar-refractivity contribution in [1.29, 1.82) is 0 Å². The van der Waals surface area contributed by atoms with Crippen LogP contribution in [-0.4, -0.2) is 46.8 Å². The number of ether oxygens (including phenoxy) is 1. The van der Waals surface area contributed by atoms with E-state index in [1.807, 2.05) is 18.2 Å². The van der Waals surface area contributed by atoms with Gasteiger partial charge in [-0.25, -0.2) is 4.98 Å². The molecular formula is C27H36N6O2S. The molecule has 1 aliphatic heterocycles. The number of aromatic nitrogens is 3. The number of benzene rings is 1. The van der Waals surface area contributed by atoms with Gasteiger partial charge in [0.1, 0.15) is 16.5 Å². The third-order valence-corrected chi connectivity index (χ3v) is 7.85. The molecule has 5 rings (SSSR count). The number of hydrogen-bond donors (Lipinski definition) is 2. The van der Waals surface area contributed by atoms with E-state index >= 15 is 0 Å². The van der Waals surface area contributed by atoms with Gasteiger partial charge in [0.2, 0.25) is 0 Å². The molecule has 1 aliphatic carbocycles. The zero-order chi connectivity index (χ0) is 24.2. The Morgan fingerprint density at radius 1 is 1.19 bits per heavy atom.